The summed E-state index contributed by atoms with van der Waals surface area (Å²) in [7, 11) is 0. The van der Waals surface area contributed by atoms with E-state index in [1.165, 1.54) is 0 Å². The first-order chi connectivity index (χ1) is 9.81. The molecule has 3 N–H and O–H groups in total. The van der Waals surface area contributed by atoms with Crippen molar-refractivity contribution in [2.24, 2.45) is 0 Å². The molecule has 0 saturated heterocycles. The maximum Gasteiger partial charge on any atom is 0.407 e. The lowest BCUT2D eigenvalue weighted by Crippen LogP contribution is -2.32. The van der Waals surface area contributed by atoms with Crippen LogP contribution in [-0.4, -0.2) is 18.2 Å². The largest absolute Gasteiger partial charge is 0.444 e. The molecule has 0 radical (unpaired) electrons. The standard InChI is InChI=1S/C17H26N2O2/c1-5-14-12-13(9-10-15(14)18)8-6-7-11-19-16(20)21-17(2,3)4/h6,8-10,12H,5,7,11,18H2,1-4H3,(H,19,20). The molecular weight excluding hydrogens is 264 g/mol. The molecule has 0 aliphatic carbocycles. The number of aryl methyl sites for hydroxylation is 1. The van der Waals surface area contributed by atoms with Crippen molar-refractivity contribution < 1.29 is 9.53 Å². The van der Waals surface area contributed by atoms with Crippen LogP contribution in [-0.2, 0) is 11.2 Å². The summed E-state index contributed by atoms with van der Waals surface area (Å²) in [6, 6.07) is 6.01. The molecule has 1 aromatic rings. The third-order valence-corrected chi connectivity index (χ3v) is 2.84. The molecule has 4 nitrogen and oxygen atoms in total. The zero-order valence-corrected chi connectivity index (χ0v) is 13.4. The molecule has 1 aromatic carbocycles. The molecule has 0 aromatic heterocycles. The number of nitrogen functional groups attached to an aromatic ring is 1. The summed E-state index contributed by atoms with van der Waals surface area (Å²) < 4.78 is 5.16. The Hall–Kier alpha value is -1.97. The van der Waals surface area contributed by atoms with Gasteiger partial charge in [0.2, 0.25) is 0 Å². The van der Waals surface area contributed by atoms with Crippen LogP contribution >= 0.6 is 0 Å². The quantitative estimate of drug-likeness (QED) is 0.641. The van der Waals surface area contributed by atoms with Gasteiger partial charge in [0.1, 0.15) is 5.60 Å². The van der Waals surface area contributed by atoms with Crippen molar-refractivity contribution in [1.29, 1.82) is 0 Å². The minimum Gasteiger partial charge on any atom is -0.444 e. The Balaban J connectivity index is 2.37. The zero-order chi connectivity index (χ0) is 15.9. The maximum absolute atomic E-state index is 11.4. The zero-order valence-electron chi connectivity index (χ0n) is 13.4. The number of amides is 1. The molecule has 0 unspecified atom stereocenters. The van der Waals surface area contributed by atoms with Crippen LogP contribution < -0.4 is 11.1 Å². The second-order valence-electron chi connectivity index (χ2n) is 5.93. The van der Waals surface area contributed by atoms with Gasteiger partial charge in [-0.3, -0.25) is 0 Å². The number of carbonyl (C=O) groups excluding carboxylic acids is 1. The Labute approximate surface area is 127 Å². The third kappa shape index (κ3) is 6.84. The molecule has 1 amide bonds. The molecule has 0 saturated carbocycles. The monoisotopic (exact) mass is 290 g/mol. The van der Waals surface area contributed by atoms with Gasteiger partial charge in [0.15, 0.2) is 0 Å². The average Bonchev–Trinajstić information content (AvgIpc) is 2.38. The number of benzene rings is 1. The summed E-state index contributed by atoms with van der Waals surface area (Å²) in [6.45, 7) is 8.18. The van der Waals surface area contributed by atoms with Crippen molar-refractivity contribution in [2.75, 3.05) is 12.3 Å². The number of hydrogen-bond donors (Lipinski definition) is 2. The molecule has 4 heteroatoms. The highest BCUT2D eigenvalue weighted by molar-refractivity contribution is 5.67. The minimum atomic E-state index is -0.458. The molecular formula is C17H26N2O2. The van der Waals surface area contributed by atoms with Crippen LogP contribution in [0.5, 0.6) is 0 Å². The topological polar surface area (TPSA) is 64.3 Å². The maximum atomic E-state index is 11.4. The molecule has 0 fully saturated rings. The highest BCUT2D eigenvalue weighted by Crippen LogP contribution is 2.15. The fourth-order valence-electron chi connectivity index (χ4n) is 1.83. The van der Waals surface area contributed by atoms with E-state index >= 15 is 0 Å². The smallest absolute Gasteiger partial charge is 0.407 e. The van der Waals surface area contributed by atoms with E-state index in [9.17, 15) is 4.79 Å². The van der Waals surface area contributed by atoms with Gasteiger partial charge in [-0.05, 0) is 56.9 Å². The lowest BCUT2D eigenvalue weighted by Gasteiger charge is -2.19. The molecule has 116 valence electrons. The number of ether oxygens (including phenoxy) is 1. The summed E-state index contributed by atoms with van der Waals surface area (Å²) in [5.41, 5.74) is 8.53. The van der Waals surface area contributed by atoms with E-state index in [0.29, 0.717) is 6.54 Å². The van der Waals surface area contributed by atoms with Crippen molar-refractivity contribution in [2.45, 2.75) is 46.1 Å². The van der Waals surface area contributed by atoms with Crippen LogP contribution in [0.15, 0.2) is 24.3 Å². The number of rotatable bonds is 5. The highest BCUT2D eigenvalue weighted by Gasteiger charge is 2.15. The normalized spacial score (nSPS) is 11.6. The first-order valence-electron chi connectivity index (χ1n) is 7.33. The van der Waals surface area contributed by atoms with Gasteiger partial charge in [-0.2, -0.15) is 0 Å². The van der Waals surface area contributed by atoms with E-state index in [4.69, 9.17) is 10.5 Å². The SMILES string of the molecule is CCc1cc(C=CCCNC(=O)OC(C)(C)C)ccc1N. The number of nitrogens with one attached hydrogen (secondary N) is 1. The van der Waals surface area contributed by atoms with Gasteiger partial charge in [0.25, 0.3) is 0 Å². The number of anilines is 1. The van der Waals surface area contributed by atoms with Crippen LogP contribution in [0.4, 0.5) is 10.5 Å². The third-order valence-electron chi connectivity index (χ3n) is 2.84. The Morgan fingerprint density at radius 1 is 1.38 bits per heavy atom. The molecule has 1 rings (SSSR count). The van der Waals surface area contributed by atoms with Crippen LogP contribution in [0.2, 0.25) is 0 Å². The number of nitrogens with two attached hydrogens (primary N) is 1. The molecule has 0 aliphatic heterocycles. The van der Waals surface area contributed by atoms with Crippen molar-refractivity contribution in [3.8, 4) is 0 Å². The van der Waals surface area contributed by atoms with Gasteiger partial charge >= 0.3 is 6.09 Å². The van der Waals surface area contributed by atoms with E-state index in [1.54, 1.807) is 0 Å². The Kier molecular flexibility index (Phi) is 6.28. The summed E-state index contributed by atoms with van der Waals surface area (Å²) >= 11 is 0. The van der Waals surface area contributed by atoms with Gasteiger partial charge in [-0.1, -0.05) is 25.1 Å². The Bertz CT molecular complexity index is 502. The van der Waals surface area contributed by atoms with Gasteiger partial charge in [0.05, 0.1) is 0 Å². The number of hydrogen-bond acceptors (Lipinski definition) is 3. The van der Waals surface area contributed by atoms with Crippen molar-refractivity contribution in [3.63, 3.8) is 0 Å². The van der Waals surface area contributed by atoms with E-state index in [0.717, 1.165) is 29.7 Å². The Morgan fingerprint density at radius 3 is 2.71 bits per heavy atom. The summed E-state index contributed by atoms with van der Waals surface area (Å²) in [4.78, 5) is 11.4. The van der Waals surface area contributed by atoms with Crippen LogP contribution in [0.1, 0.15) is 45.2 Å². The van der Waals surface area contributed by atoms with E-state index in [2.05, 4.69) is 18.3 Å². The summed E-state index contributed by atoms with van der Waals surface area (Å²) in [5.74, 6) is 0. The van der Waals surface area contributed by atoms with Gasteiger partial charge in [-0.15, -0.1) is 0 Å². The Morgan fingerprint density at radius 2 is 2.10 bits per heavy atom. The predicted molar refractivity (Wildman–Crippen MR) is 88.1 cm³/mol. The second-order valence-corrected chi connectivity index (χ2v) is 5.93. The molecule has 0 bridgehead atoms. The van der Waals surface area contributed by atoms with E-state index in [-0.39, 0.29) is 6.09 Å². The van der Waals surface area contributed by atoms with Crippen molar-refractivity contribution in [3.05, 3.63) is 35.4 Å². The molecule has 0 heterocycles. The van der Waals surface area contributed by atoms with E-state index < -0.39 is 5.60 Å². The lowest BCUT2D eigenvalue weighted by molar-refractivity contribution is 0.0529. The molecule has 0 atom stereocenters. The summed E-state index contributed by atoms with van der Waals surface area (Å²) in [5, 5.41) is 2.72. The fourth-order valence-corrected chi connectivity index (χ4v) is 1.83. The van der Waals surface area contributed by atoms with Gasteiger partial charge in [0, 0.05) is 12.2 Å². The average molecular weight is 290 g/mol. The van der Waals surface area contributed by atoms with Crippen molar-refractivity contribution in [1.82, 2.24) is 5.32 Å². The number of carbonyl (C=O) groups is 1. The van der Waals surface area contributed by atoms with Crippen molar-refractivity contribution >= 4 is 17.9 Å². The second kappa shape index (κ2) is 7.72. The highest BCUT2D eigenvalue weighted by atomic mass is 16.6. The van der Waals surface area contributed by atoms with Gasteiger partial charge < -0.3 is 15.8 Å². The van der Waals surface area contributed by atoms with Crippen LogP contribution in [0, 0.1) is 0 Å². The first-order valence-corrected chi connectivity index (χ1v) is 7.33. The van der Waals surface area contributed by atoms with E-state index in [1.807, 2.05) is 45.1 Å². The minimum absolute atomic E-state index is 0.378. The first kappa shape index (κ1) is 17.1. The molecule has 0 spiro atoms. The van der Waals surface area contributed by atoms with Crippen LogP contribution in [0.3, 0.4) is 0 Å². The number of alkyl carbamates (subject to hydrolysis) is 1. The fraction of sp³-hybridized carbons (Fsp3) is 0.471. The van der Waals surface area contributed by atoms with Crippen LogP contribution in [0.25, 0.3) is 6.08 Å². The predicted octanol–water partition coefficient (Wildman–Crippen LogP) is 3.76. The van der Waals surface area contributed by atoms with Gasteiger partial charge in [-0.25, -0.2) is 4.79 Å². The molecule has 0 aliphatic rings. The molecule has 21 heavy (non-hydrogen) atoms. The lowest BCUT2D eigenvalue weighted by atomic mass is 10.1. The summed E-state index contributed by atoms with van der Waals surface area (Å²) in [6.07, 6.45) is 5.37.